The fraction of sp³-hybridized carbons (Fsp3) is 0. The third kappa shape index (κ3) is 8.84. The summed E-state index contributed by atoms with van der Waals surface area (Å²) in [5.74, 6) is 0. The van der Waals surface area contributed by atoms with Crippen LogP contribution in [0.2, 0.25) is 0 Å². The first-order chi connectivity index (χ1) is 0. The summed E-state index contributed by atoms with van der Waals surface area (Å²) in [4.78, 5) is 0. The average molecular weight is 461 g/mol. The third-order valence-electron chi connectivity index (χ3n) is 0. The van der Waals surface area contributed by atoms with Crippen molar-refractivity contribution in [1.29, 1.82) is 0 Å². The van der Waals surface area contributed by atoms with Crippen LogP contribution in [0.4, 0.5) is 0 Å². The molecular weight excluding hydrogens is 458 g/mol. The predicted octanol–water partition coefficient (Wildman–Crippen LogP) is -0.706. The summed E-state index contributed by atoms with van der Waals surface area (Å²) >= 11 is 0. The van der Waals surface area contributed by atoms with Crippen molar-refractivity contribution in [2.24, 2.45) is 0 Å². The Morgan fingerprint density at radius 1 is 1.00 bits per heavy atom. The van der Waals surface area contributed by atoms with Crippen LogP contribution in [0.25, 0.3) is 0 Å². The van der Waals surface area contributed by atoms with Crippen LogP contribution in [0.15, 0.2) is 0 Å². The third-order valence-corrected chi connectivity index (χ3v) is 0. The largest absolute Gasteiger partial charge is 0.153 e. The Hall–Kier alpha value is 2.82. The van der Waals surface area contributed by atoms with Gasteiger partial charge < -0.3 is 0 Å². The summed E-state index contributed by atoms with van der Waals surface area (Å²) in [6, 6.07) is 0. The molecular formula is H3BiMoPSb. The van der Waals surface area contributed by atoms with Crippen LogP contribution in [0.5, 0.6) is 0 Å². The molecule has 24 valence electrons. The maximum atomic E-state index is 0. The Balaban J connectivity index is 0. The van der Waals surface area contributed by atoms with E-state index in [9.17, 15) is 0 Å². The summed E-state index contributed by atoms with van der Waals surface area (Å²) < 4.78 is 0. The molecule has 1 atom stereocenters. The van der Waals surface area contributed by atoms with Crippen molar-refractivity contribution >= 4 is 60.5 Å². The van der Waals surface area contributed by atoms with E-state index >= 15 is 0 Å². The molecule has 4 heavy (non-hydrogen) atoms. The Labute approximate surface area is 80.3 Å². The molecule has 0 bridgehead atoms. The molecule has 0 saturated heterocycles. The van der Waals surface area contributed by atoms with Gasteiger partial charge in [0.05, 0.1) is 0 Å². The van der Waals surface area contributed by atoms with Crippen molar-refractivity contribution in [1.82, 2.24) is 0 Å². The minimum absolute atomic E-state index is 0. The molecule has 0 spiro atoms. The zero-order valence-electron chi connectivity index (χ0n) is 2.01. The molecule has 0 aliphatic rings. The molecule has 0 amide bonds. The van der Waals surface area contributed by atoms with Gasteiger partial charge in [-0.25, -0.2) is 0 Å². The maximum absolute atomic E-state index is 0. The molecule has 0 aromatic rings. The van der Waals surface area contributed by atoms with Crippen molar-refractivity contribution in [3.63, 3.8) is 0 Å². The molecule has 0 rings (SSSR count). The van der Waals surface area contributed by atoms with Gasteiger partial charge in [-0.05, 0) is 0 Å². The predicted molar refractivity (Wildman–Crippen MR) is 22.6 cm³/mol. The number of hydrogen-bond acceptors (Lipinski definition) is 0. The summed E-state index contributed by atoms with van der Waals surface area (Å²) in [7, 11) is 0. The molecule has 0 saturated carbocycles. The van der Waals surface area contributed by atoms with Crippen molar-refractivity contribution in [2.45, 2.75) is 0 Å². The fourth-order valence-electron chi connectivity index (χ4n) is 0. The van der Waals surface area contributed by atoms with Crippen LogP contribution in [-0.2, 0) is 21.1 Å². The van der Waals surface area contributed by atoms with Gasteiger partial charge in [-0.2, -0.15) is 9.90 Å². The van der Waals surface area contributed by atoms with Crippen LogP contribution in [0.1, 0.15) is 0 Å². The molecule has 0 fully saturated rings. The average Bonchev–Trinajstić information content (AvgIpc) is 0. The second-order valence-electron chi connectivity index (χ2n) is 0. The van der Waals surface area contributed by atoms with Crippen LogP contribution in [0.3, 0.4) is 0 Å². The van der Waals surface area contributed by atoms with Gasteiger partial charge in [0.2, 0.25) is 0 Å². The molecule has 0 aliphatic carbocycles. The molecule has 0 aromatic heterocycles. The molecule has 0 aromatic carbocycles. The molecule has 0 nitrogen and oxygen atoms in total. The molecule has 4 heteroatoms. The van der Waals surface area contributed by atoms with Gasteiger partial charge in [0.1, 0.15) is 0 Å². The molecule has 0 heterocycles. The summed E-state index contributed by atoms with van der Waals surface area (Å²) in [6.07, 6.45) is 0. The van der Waals surface area contributed by atoms with Crippen LogP contribution in [0, 0.1) is 0 Å². The van der Waals surface area contributed by atoms with Gasteiger partial charge >= 0.3 is 0 Å². The second-order valence-corrected chi connectivity index (χ2v) is 0. The summed E-state index contributed by atoms with van der Waals surface area (Å²) in [5, 5.41) is 0. The Bertz CT molecular complexity index is 8.00. The van der Waals surface area contributed by atoms with Crippen molar-refractivity contribution in [3.05, 3.63) is 0 Å². The minimum Gasteiger partial charge on any atom is -0.153 e. The Morgan fingerprint density at radius 3 is 1.00 bits per heavy atom. The topological polar surface area (TPSA) is 0 Å². The van der Waals surface area contributed by atoms with Gasteiger partial charge in [0.25, 0.3) is 0 Å². The van der Waals surface area contributed by atoms with Gasteiger partial charge in [0, 0.05) is 71.7 Å². The quantitative estimate of drug-likeness (QED) is 0.331. The Kier molecular flexibility index (Phi) is 123. The van der Waals surface area contributed by atoms with E-state index in [1.54, 1.807) is 0 Å². The zero-order valence-corrected chi connectivity index (χ0v) is 11.5. The minimum atomic E-state index is 0. The van der Waals surface area contributed by atoms with Crippen LogP contribution >= 0.6 is 9.90 Å². The van der Waals surface area contributed by atoms with E-state index < -0.39 is 0 Å². The van der Waals surface area contributed by atoms with E-state index in [0.717, 1.165) is 0 Å². The van der Waals surface area contributed by atoms with Crippen molar-refractivity contribution in [2.75, 3.05) is 0 Å². The SMILES string of the molecule is P.[Bi].[Mo].[Sb]. The van der Waals surface area contributed by atoms with Crippen LogP contribution < -0.4 is 0 Å². The second kappa shape index (κ2) is 17.0. The maximum Gasteiger partial charge on any atom is 0 e. The van der Waals surface area contributed by atoms with E-state index in [-0.39, 0.29) is 81.6 Å². The molecule has 1 unspecified atom stereocenters. The standard InChI is InChI=1S/Bi.Mo.H3P.Sb/h;;1H3;. The van der Waals surface area contributed by atoms with Gasteiger partial charge in [-0.1, -0.05) is 0 Å². The first kappa shape index (κ1) is 29.1. The van der Waals surface area contributed by atoms with E-state index in [1.165, 1.54) is 0 Å². The first-order valence-corrected chi connectivity index (χ1v) is 0. The molecule has 6 radical (unpaired) electrons. The fourth-order valence-corrected chi connectivity index (χ4v) is 0. The van der Waals surface area contributed by atoms with Crippen LogP contribution in [-0.4, -0.2) is 50.6 Å². The van der Waals surface area contributed by atoms with Crippen molar-refractivity contribution < 1.29 is 21.1 Å². The summed E-state index contributed by atoms with van der Waals surface area (Å²) in [5.41, 5.74) is 0. The smallest absolute Gasteiger partial charge is 0 e. The zero-order chi connectivity index (χ0) is 0. The van der Waals surface area contributed by atoms with Gasteiger partial charge in [0.15, 0.2) is 0 Å². The van der Waals surface area contributed by atoms with Crippen molar-refractivity contribution in [3.8, 4) is 0 Å². The first-order valence-electron chi connectivity index (χ1n) is 0. The van der Waals surface area contributed by atoms with Gasteiger partial charge in [-0.3, -0.25) is 0 Å². The summed E-state index contributed by atoms with van der Waals surface area (Å²) in [6.45, 7) is 0. The molecule has 0 aliphatic heterocycles. The number of rotatable bonds is 0. The van der Waals surface area contributed by atoms with Gasteiger partial charge in [-0.15, -0.1) is 0 Å². The van der Waals surface area contributed by atoms with E-state index in [1.807, 2.05) is 0 Å². The van der Waals surface area contributed by atoms with E-state index in [4.69, 9.17) is 0 Å². The monoisotopic (exact) mass is 462 g/mol. The normalized spacial score (nSPS) is 0. The van der Waals surface area contributed by atoms with E-state index in [2.05, 4.69) is 0 Å². The number of hydrogen-bond donors (Lipinski definition) is 0. The molecule has 0 N–H and O–H groups in total. The Morgan fingerprint density at radius 2 is 1.00 bits per heavy atom. The van der Waals surface area contributed by atoms with E-state index in [0.29, 0.717) is 0 Å².